The molecule has 0 aliphatic carbocycles. The average molecular weight is 453 g/mol. The fraction of sp³-hybridized carbons (Fsp3) is 0.190. The minimum absolute atomic E-state index is 0.0845. The Hall–Kier alpha value is -2.51. The van der Waals surface area contributed by atoms with Crippen molar-refractivity contribution in [2.75, 3.05) is 4.90 Å². The normalized spacial score (nSPS) is 15.9. The molecular formula is C21H17BrN4OS. The average Bonchev–Trinajstić information content (AvgIpc) is 3.33. The first kappa shape index (κ1) is 17.6. The lowest BCUT2D eigenvalue weighted by Crippen LogP contribution is -2.24. The van der Waals surface area contributed by atoms with Crippen LogP contribution in [0.2, 0.25) is 0 Å². The Kier molecular flexibility index (Phi) is 4.29. The van der Waals surface area contributed by atoms with Crippen molar-refractivity contribution in [2.45, 2.75) is 25.9 Å². The van der Waals surface area contributed by atoms with E-state index in [1.807, 2.05) is 24.3 Å². The molecule has 1 aliphatic heterocycles. The van der Waals surface area contributed by atoms with Gasteiger partial charge in [-0.1, -0.05) is 19.1 Å². The van der Waals surface area contributed by atoms with E-state index < -0.39 is 0 Å². The molecule has 1 aliphatic rings. The van der Waals surface area contributed by atoms with E-state index in [0.29, 0.717) is 12.5 Å². The predicted molar refractivity (Wildman–Crippen MR) is 116 cm³/mol. The number of aryl methyl sites for hydroxylation is 1. The number of nitrogens with zero attached hydrogens (tertiary/aromatic N) is 3. The summed E-state index contributed by atoms with van der Waals surface area (Å²) >= 11 is 5.18. The van der Waals surface area contributed by atoms with Crippen LogP contribution in [0.5, 0.6) is 0 Å². The van der Waals surface area contributed by atoms with Crippen molar-refractivity contribution in [3.05, 3.63) is 84.5 Å². The second-order valence-electron chi connectivity index (χ2n) is 6.78. The Labute approximate surface area is 174 Å². The van der Waals surface area contributed by atoms with E-state index in [1.165, 1.54) is 9.75 Å². The summed E-state index contributed by atoms with van der Waals surface area (Å²) in [4.78, 5) is 30.4. The number of benzene rings is 1. The van der Waals surface area contributed by atoms with E-state index in [9.17, 15) is 4.79 Å². The molecule has 5 nitrogen and oxygen atoms in total. The van der Waals surface area contributed by atoms with Gasteiger partial charge in [0, 0.05) is 38.6 Å². The monoisotopic (exact) mass is 452 g/mol. The van der Waals surface area contributed by atoms with Crippen LogP contribution < -0.4 is 10.3 Å². The zero-order chi connectivity index (χ0) is 19.3. The summed E-state index contributed by atoms with van der Waals surface area (Å²) in [6, 6.07) is 11.9. The van der Waals surface area contributed by atoms with Crippen molar-refractivity contribution in [1.29, 1.82) is 0 Å². The van der Waals surface area contributed by atoms with Crippen molar-refractivity contribution in [3.63, 3.8) is 0 Å². The maximum absolute atomic E-state index is 13.2. The summed E-state index contributed by atoms with van der Waals surface area (Å²) in [6.45, 7) is 2.64. The Morgan fingerprint density at radius 1 is 1.21 bits per heavy atom. The van der Waals surface area contributed by atoms with Gasteiger partial charge in [0.2, 0.25) is 5.95 Å². The lowest BCUT2D eigenvalue weighted by molar-refractivity contribution is 0.738. The number of rotatable bonds is 3. The predicted octanol–water partition coefficient (Wildman–Crippen LogP) is 4.81. The summed E-state index contributed by atoms with van der Waals surface area (Å²) in [5, 5.41) is 0.721. The summed E-state index contributed by atoms with van der Waals surface area (Å²) in [7, 11) is 0. The van der Waals surface area contributed by atoms with E-state index in [0.717, 1.165) is 33.1 Å². The third-order valence-electron chi connectivity index (χ3n) is 5.12. The van der Waals surface area contributed by atoms with Gasteiger partial charge in [-0.05, 0) is 46.6 Å². The lowest BCUT2D eigenvalue weighted by Gasteiger charge is -2.24. The molecule has 140 valence electrons. The second-order valence-corrected chi connectivity index (χ2v) is 8.90. The van der Waals surface area contributed by atoms with Crippen LogP contribution in [0.4, 0.5) is 5.95 Å². The van der Waals surface area contributed by atoms with Crippen LogP contribution in [-0.4, -0.2) is 15.0 Å². The maximum Gasteiger partial charge on any atom is 0.226 e. The van der Waals surface area contributed by atoms with Gasteiger partial charge in [-0.2, -0.15) is 0 Å². The SMILES string of the molecule is CCc1ccc(C2c3[nH]c4ccccc4c(=O)c3CN2c2ncc(Br)cn2)s1. The van der Waals surface area contributed by atoms with Crippen molar-refractivity contribution >= 4 is 44.1 Å². The van der Waals surface area contributed by atoms with Crippen molar-refractivity contribution in [1.82, 2.24) is 15.0 Å². The van der Waals surface area contributed by atoms with Gasteiger partial charge in [-0.25, -0.2) is 9.97 Å². The number of pyridine rings is 1. The highest BCUT2D eigenvalue weighted by Gasteiger charge is 2.37. The summed E-state index contributed by atoms with van der Waals surface area (Å²) in [6.07, 6.45) is 4.48. The Bertz CT molecular complexity index is 1230. The molecule has 1 aromatic carbocycles. The molecule has 0 spiro atoms. The Morgan fingerprint density at radius 3 is 2.75 bits per heavy atom. The third kappa shape index (κ3) is 2.77. The van der Waals surface area contributed by atoms with Gasteiger partial charge >= 0.3 is 0 Å². The molecular weight excluding hydrogens is 436 g/mol. The molecule has 5 rings (SSSR count). The van der Waals surface area contributed by atoms with E-state index in [4.69, 9.17) is 0 Å². The number of fused-ring (bicyclic) bond motifs is 2. The van der Waals surface area contributed by atoms with Crippen LogP contribution in [0, 0.1) is 0 Å². The number of para-hydroxylation sites is 1. The quantitative estimate of drug-likeness (QED) is 0.484. The largest absolute Gasteiger partial charge is 0.356 e. The number of anilines is 1. The summed E-state index contributed by atoms with van der Waals surface area (Å²) in [5.74, 6) is 0.618. The zero-order valence-electron chi connectivity index (χ0n) is 15.1. The molecule has 0 bridgehead atoms. The zero-order valence-corrected chi connectivity index (χ0v) is 17.5. The van der Waals surface area contributed by atoms with Gasteiger partial charge in [0.25, 0.3) is 0 Å². The number of aromatic nitrogens is 3. The molecule has 0 amide bonds. The Morgan fingerprint density at radius 2 is 2.00 bits per heavy atom. The molecule has 0 fully saturated rings. The van der Waals surface area contributed by atoms with E-state index in [2.05, 4.69) is 54.8 Å². The minimum atomic E-state index is -0.0984. The standard InChI is InChI=1S/C21H17BrN4OS/c1-2-13-7-8-17(28-13)19-18-15(11-26(19)21-23-9-12(22)10-24-21)20(27)14-5-3-4-6-16(14)25-18/h3-10,19H,2,11H2,1H3,(H,25,27). The molecule has 28 heavy (non-hydrogen) atoms. The van der Waals surface area contributed by atoms with Gasteiger partial charge < -0.3 is 9.88 Å². The van der Waals surface area contributed by atoms with Crippen LogP contribution in [0.25, 0.3) is 10.9 Å². The fourth-order valence-corrected chi connectivity index (χ4v) is 5.05. The highest BCUT2D eigenvalue weighted by molar-refractivity contribution is 9.10. The van der Waals surface area contributed by atoms with Gasteiger partial charge in [0.15, 0.2) is 5.43 Å². The van der Waals surface area contributed by atoms with Crippen molar-refractivity contribution < 1.29 is 0 Å². The minimum Gasteiger partial charge on any atom is -0.356 e. The maximum atomic E-state index is 13.2. The number of hydrogen-bond acceptors (Lipinski definition) is 5. The number of aromatic amines is 1. The number of H-pyrrole nitrogens is 1. The first-order valence-corrected chi connectivity index (χ1v) is 10.7. The van der Waals surface area contributed by atoms with E-state index in [1.54, 1.807) is 23.7 Å². The fourth-order valence-electron chi connectivity index (χ4n) is 3.77. The third-order valence-corrected chi connectivity index (χ3v) is 6.81. The van der Waals surface area contributed by atoms with Gasteiger partial charge in [-0.3, -0.25) is 4.79 Å². The smallest absolute Gasteiger partial charge is 0.226 e. The molecule has 1 atom stereocenters. The molecule has 0 saturated carbocycles. The lowest BCUT2D eigenvalue weighted by atomic mass is 10.1. The molecule has 0 radical (unpaired) electrons. The molecule has 1 N–H and O–H groups in total. The van der Waals surface area contributed by atoms with Crippen molar-refractivity contribution in [3.8, 4) is 0 Å². The number of thiophene rings is 1. The van der Waals surface area contributed by atoms with E-state index >= 15 is 0 Å². The molecule has 4 aromatic rings. The molecule has 4 heterocycles. The Balaban J connectivity index is 1.73. The second kappa shape index (κ2) is 6.83. The topological polar surface area (TPSA) is 61.9 Å². The summed E-state index contributed by atoms with van der Waals surface area (Å²) < 4.78 is 0.829. The van der Waals surface area contributed by atoms with Crippen LogP contribution in [0.1, 0.15) is 34.0 Å². The van der Waals surface area contributed by atoms with Crippen LogP contribution in [-0.2, 0) is 13.0 Å². The van der Waals surface area contributed by atoms with Gasteiger partial charge in [0.1, 0.15) is 6.04 Å². The van der Waals surface area contributed by atoms with Gasteiger partial charge in [-0.15, -0.1) is 11.3 Å². The highest BCUT2D eigenvalue weighted by atomic mass is 79.9. The number of halogens is 1. The highest BCUT2D eigenvalue weighted by Crippen LogP contribution is 2.41. The van der Waals surface area contributed by atoms with Crippen LogP contribution >= 0.6 is 27.3 Å². The van der Waals surface area contributed by atoms with Crippen LogP contribution in [0.3, 0.4) is 0 Å². The summed E-state index contributed by atoms with van der Waals surface area (Å²) in [5.41, 5.74) is 2.68. The molecule has 7 heteroatoms. The first-order valence-electron chi connectivity index (χ1n) is 9.12. The first-order chi connectivity index (χ1) is 13.7. The molecule has 0 saturated heterocycles. The van der Waals surface area contributed by atoms with E-state index in [-0.39, 0.29) is 11.5 Å². The molecule has 1 unspecified atom stereocenters. The number of nitrogens with one attached hydrogen (secondary N) is 1. The van der Waals surface area contributed by atoms with Gasteiger partial charge in [0.05, 0.1) is 16.7 Å². The van der Waals surface area contributed by atoms with Crippen LogP contribution in [0.15, 0.2) is 58.1 Å². The molecule has 3 aromatic heterocycles. The van der Waals surface area contributed by atoms with Crippen molar-refractivity contribution in [2.24, 2.45) is 0 Å². The number of hydrogen-bond donors (Lipinski definition) is 1.